The molecule has 2 aromatic rings. The van der Waals surface area contributed by atoms with Crippen LogP contribution in [0.4, 0.5) is 8.78 Å². The highest BCUT2D eigenvalue weighted by Gasteiger charge is 2.16. The summed E-state index contributed by atoms with van der Waals surface area (Å²) in [7, 11) is -2.17. The van der Waals surface area contributed by atoms with Crippen molar-refractivity contribution >= 4 is 10.0 Å². The van der Waals surface area contributed by atoms with Gasteiger partial charge in [0.1, 0.15) is 5.75 Å². The lowest BCUT2D eigenvalue weighted by Gasteiger charge is -2.10. The van der Waals surface area contributed by atoms with E-state index < -0.39 is 21.7 Å². The molecule has 0 fully saturated rings. The molecule has 0 saturated carbocycles. The molecule has 0 amide bonds. The molecule has 4 nitrogen and oxygen atoms in total. The predicted octanol–water partition coefficient (Wildman–Crippen LogP) is 2.80. The molecule has 0 bridgehead atoms. The van der Waals surface area contributed by atoms with Crippen LogP contribution in [0.5, 0.6) is 5.75 Å². The monoisotopic (exact) mass is 341 g/mol. The van der Waals surface area contributed by atoms with Crippen molar-refractivity contribution in [3.05, 3.63) is 59.2 Å². The van der Waals surface area contributed by atoms with Crippen molar-refractivity contribution in [2.45, 2.75) is 18.2 Å². The molecule has 7 heteroatoms. The molecule has 2 rings (SSSR count). The Hall–Kier alpha value is -1.99. The van der Waals surface area contributed by atoms with E-state index in [1.165, 1.54) is 19.2 Å². The summed E-state index contributed by atoms with van der Waals surface area (Å²) in [5.74, 6) is -1.30. The van der Waals surface area contributed by atoms with Crippen molar-refractivity contribution in [2.75, 3.05) is 13.7 Å². The maximum absolute atomic E-state index is 13.1. The highest BCUT2D eigenvalue weighted by Crippen LogP contribution is 2.20. The van der Waals surface area contributed by atoms with E-state index in [1.807, 2.05) is 0 Å². The van der Waals surface area contributed by atoms with E-state index in [-0.39, 0.29) is 17.9 Å². The van der Waals surface area contributed by atoms with Gasteiger partial charge in [-0.25, -0.2) is 21.9 Å². The van der Waals surface area contributed by atoms with Crippen molar-refractivity contribution in [2.24, 2.45) is 0 Å². The smallest absolute Gasteiger partial charge is 0.240 e. The number of rotatable bonds is 6. The van der Waals surface area contributed by atoms with Gasteiger partial charge in [0.25, 0.3) is 0 Å². The zero-order chi connectivity index (χ0) is 17.0. The van der Waals surface area contributed by atoms with Crippen LogP contribution in [0.3, 0.4) is 0 Å². The predicted molar refractivity (Wildman–Crippen MR) is 83.0 cm³/mol. The van der Waals surface area contributed by atoms with Crippen LogP contribution >= 0.6 is 0 Å². The summed E-state index contributed by atoms with van der Waals surface area (Å²) in [5.41, 5.74) is 1.07. The summed E-state index contributed by atoms with van der Waals surface area (Å²) >= 11 is 0. The summed E-state index contributed by atoms with van der Waals surface area (Å²) < 4.78 is 58.0. The number of hydrogen-bond donors (Lipinski definition) is 1. The first-order valence-electron chi connectivity index (χ1n) is 6.92. The first-order chi connectivity index (χ1) is 10.8. The van der Waals surface area contributed by atoms with Crippen molar-refractivity contribution in [3.8, 4) is 5.75 Å². The Kier molecular flexibility index (Phi) is 5.33. The van der Waals surface area contributed by atoms with Gasteiger partial charge in [0.2, 0.25) is 10.0 Å². The molecule has 0 saturated heterocycles. The molecule has 0 unspecified atom stereocenters. The van der Waals surface area contributed by atoms with Gasteiger partial charge in [0, 0.05) is 6.54 Å². The van der Waals surface area contributed by atoms with Crippen LogP contribution < -0.4 is 9.46 Å². The zero-order valence-electron chi connectivity index (χ0n) is 12.8. The molecule has 0 spiro atoms. The molecule has 2 aromatic carbocycles. The maximum Gasteiger partial charge on any atom is 0.240 e. The van der Waals surface area contributed by atoms with E-state index >= 15 is 0 Å². The van der Waals surface area contributed by atoms with Gasteiger partial charge in [0.05, 0.1) is 12.0 Å². The molecule has 1 N–H and O–H groups in total. The minimum atomic E-state index is -3.68. The molecular formula is C16H17F2NO3S. The normalized spacial score (nSPS) is 11.5. The molecule has 0 heterocycles. The Balaban J connectivity index is 2.05. The van der Waals surface area contributed by atoms with Gasteiger partial charge < -0.3 is 4.74 Å². The molecule has 0 aliphatic carbocycles. The van der Waals surface area contributed by atoms with Gasteiger partial charge in [-0.05, 0) is 54.8 Å². The second-order valence-electron chi connectivity index (χ2n) is 5.03. The number of methoxy groups -OCH3 is 1. The van der Waals surface area contributed by atoms with Gasteiger partial charge in [-0.3, -0.25) is 0 Å². The SMILES string of the molecule is COc1ccc(S(=O)(=O)NCCc2ccc(F)c(F)c2)c(C)c1. The number of aryl methyl sites for hydroxylation is 1. The van der Waals surface area contributed by atoms with E-state index in [1.54, 1.807) is 19.1 Å². The van der Waals surface area contributed by atoms with Crippen LogP contribution in [0.1, 0.15) is 11.1 Å². The summed E-state index contributed by atoms with van der Waals surface area (Å²) in [6, 6.07) is 8.16. The fraction of sp³-hybridized carbons (Fsp3) is 0.250. The van der Waals surface area contributed by atoms with Gasteiger partial charge in [-0.2, -0.15) is 0 Å². The fourth-order valence-electron chi connectivity index (χ4n) is 2.15. The number of benzene rings is 2. The number of halogens is 2. The Morgan fingerprint density at radius 3 is 2.43 bits per heavy atom. The molecule has 124 valence electrons. The molecule has 0 aliphatic heterocycles. The Morgan fingerprint density at radius 2 is 1.83 bits per heavy atom. The topological polar surface area (TPSA) is 55.4 Å². The zero-order valence-corrected chi connectivity index (χ0v) is 13.6. The quantitative estimate of drug-likeness (QED) is 0.879. The van der Waals surface area contributed by atoms with Gasteiger partial charge in [-0.1, -0.05) is 6.07 Å². The third-order valence-corrected chi connectivity index (χ3v) is 4.98. The van der Waals surface area contributed by atoms with Gasteiger partial charge in [-0.15, -0.1) is 0 Å². The lowest BCUT2D eigenvalue weighted by molar-refractivity contribution is 0.414. The lowest BCUT2D eigenvalue weighted by atomic mass is 10.1. The second-order valence-corrected chi connectivity index (χ2v) is 6.76. The van der Waals surface area contributed by atoms with Crippen LogP contribution in [0.25, 0.3) is 0 Å². The molecule has 0 aromatic heterocycles. The van der Waals surface area contributed by atoms with Crippen molar-refractivity contribution in [3.63, 3.8) is 0 Å². The lowest BCUT2D eigenvalue weighted by Crippen LogP contribution is -2.26. The van der Waals surface area contributed by atoms with E-state index in [9.17, 15) is 17.2 Å². The summed E-state index contributed by atoms with van der Waals surface area (Å²) in [6.07, 6.45) is 0.256. The number of hydrogen-bond acceptors (Lipinski definition) is 3. The Bertz CT molecular complexity index is 807. The standard InChI is InChI=1S/C16H17F2NO3S/c1-11-9-13(22-2)4-6-16(11)23(20,21)19-8-7-12-3-5-14(17)15(18)10-12/h3-6,9-10,19H,7-8H2,1-2H3. The summed E-state index contributed by atoms with van der Waals surface area (Å²) in [4.78, 5) is 0.156. The summed E-state index contributed by atoms with van der Waals surface area (Å²) in [6.45, 7) is 1.76. The van der Waals surface area contributed by atoms with E-state index in [0.717, 1.165) is 12.1 Å². The third kappa shape index (κ3) is 4.27. The Morgan fingerprint density at radius 1 is 1.09 bits per heavy atom. The van der Waals surface area contributed by atoms with Crippen LogP contribution in [-0.4, -0.2) is 22.1 Å². The Labute approximate surface area is 134 Å². The first-order valence-corrected chi connectivity index (χ1v) is 8.40. The molecule has 23 heavy (non-hydrogen) atoms. The van der Waals surface area contributed by atoms with E-state index in [0.29, 0.717) is 16.9 Å². The average Bonchev–Trinajstić information content (AvgIpc) is 2.50. The highest BCUT2D eigenvalue weighted by atomic mass is 32.2. The fourth-order valence-corrected chi connectivity index (χ4v) is 3.41. The van der Waals surface area contributed by atoms with E-state index in [4.69, 9.17) is 4.74 Å². The first kappa shape index (κ1) is 17.4. The third-order valence-electron chi connectivity index (χ3n) is 3.36. The van der Waals surface area contributed by atoms with Crippen LogP contribution in [0, 0.1) is 18.6 Å². The average molecular weight is 341 g/mol. The van der Waals surface area contributed by atoms with Gasteiger partial charge >= 0.3 is 0 Å². The minimum Gasteiger partial charge on any atom is -0.497 e. The number of nitrogens with one attached hydrogen (secondary N) is 1. The molecular weight excluding hydrogens is 324 g/mol. The molecule has 0 radical (unpaired) electrons. The van der Waals surface area contributed by atoms with Crippen LogP contribution in [-0.2, 0) is 16.4 Å². The maximum atomic E-state index is 13.1. The van der Waals surface area contributed by atoms with Crippen molar-refractivity contribution < 1.29 is 21.9 Å². The van der Waals surface area contributed by atoms with E-state index in [2.05, 4.69) is 4.72 Å². The van der Waals surface area contributed by atoms with Crippen molar-refractivity contribution in [1.82, 2.24) is 4.72 Å². The number of ether oxygens (including phenoxy) is 1. The molecule has 0 aliphatic rings. The van der Waals surface area contributed by atoms with Crippen LogP contribution in [0.15, 0.2) is 41.3 Å². The van der Waals surface area contributed by atoms with Gasteiger partial charge in [0.15, 0.2) is 11.6 Å². The number of sulfonamides is 1. The highest BCUT2D eigenvalue weighted by molar-refractivity contribution is 7.89. The van der Waals surface area contributed by atoms with Crippen molar-refractivity contribution in [1.29, 1.82) is 0 Å². The van der Waals surface area contributed by atoms with Crippen LogP contribution in [0.2, 0.25) is 0 Å². The minimum absolute atomic E-state index is 0.0822. The largest absolute Gasteiger partial charge is 0.497 e. The summed E-state index contributed by atoms with van der Waals surface area (Å²) in [5, 5.41) is 0. The second kappa shape index (κ2) is 7.06. The molecule has 0 atom stereocenters.